The summed E-state index contributed by atoms with van der Waals surface area (Å²) in [6.45, 7) is 1.76. The van der Waals surface area contributed by atoms with Crippen LogP contribution in [0.3, 0.4) is 0 Å². The van der Waals surface area contributed by atoms with Crippen LogP contribution in [0.4, 0.5) is 5.95 Å². The van der Waals surface area contributed by atoms with Crippen LogP contribution in [-0.2, 0) is 4.79 Å². The first-order chi connectivity index (χ1) is 8.06. The highest BCUT2D eigenvalue weighted by atomic mass is 16.5. The molecule has 1 aromatic rings. The lowest BCUT2D eigenvalue weighted by molar-refractivity contribution is -0.137. The Balaban J connectivity index is 2.89. The van der Waals surface area contributed by atoms with E-state index in [4.69, 9.17) is 16.3 Å². The predicted molar refractivity (Wildman–Crippen MR) is 61.8 cm³/mol. The molecule has 1 aromatic heterocycles. The Morgan fingerprint density at radius 3 is 2.94 bits per heavy atom. The van der Waals surface area contributed by atoms with Gasteiger partial charge in [0.2, 0.25) is 11.8 Å². The minimum Gasteiger partial charge on any atom is -0.481 e. The number of ether oxygens (including phenoxy) is 1. The van der Waals surface area contributed by atoms with Crippen LogP contribution in [-0.4, -0.2) is 34.2 Å². The standard InChI is InChI=1S/C11H13N3O3/c1-4-5-8(10(15)16)13-11-12-7(2)6-9(14-11)17-3/h1,6,8H,5H2,2-3H3,(H,15,16)(H,12,13,14). The molecule has 1 rings (SSSR count). The Labute approximate surface area is 99.0 Å². The number of aromatic nitrogens is 2. The Morgan fingerprint density at radius 2 is 2.41 bits per heavy atom. The predicted octanol–water partition coefficient (Wildman–Crippen LogP) is 0.682. The highest BCUT2D eigenvalue weighted by molar-refractivity contribution is 5.76. The molecule has 0 fully saturated rings. The van der Waals surface area contributed by atoms with Crippen LogP contribution in [0, 0.1) is 19.3 Å². The molecule has 2 N–H and O–H groups in total. The van der Waals surface area contributed by atoms with Gasteiger partial charge in [0, 0.05) is 18.2 Å². The number of nitrogens with one attached hydrogen (secondary N) is 1. The van der Waals surface area contributed by atoms with Crippen molar-refractivity contribution in [1.29, 1.82) is 0 Å². The van der Waals surface area contributed by atoms with Crippen LogP contribution in [0.2, 0.25) is 0 Å². The Kier molecular flexibility index (Phi) is 4.29. The Hall–Kier alpha value is -2.29. The molecule has 90 valence electrons. The molecule has 1 heterocycles. The maximum Gasteiger partial charge on any atom is 0.327 e. The van der Waals surface area contributed by atoms with Gasteiger partial charge in [-0.1, -0.05) is 0 Å². The van der Waals surface area contributed by atoms with Gasteiger partial charge in [-0.2, -0.15) is 4.98 Å². The molecule has 0 amide bonds. The van der Waals surface area contributed by atoms with Crippen molar-refractivity contribution in [3.8, 4) is 18.2 Å². The summed E-state index contributed by atoms with van der Waals surface area (Å²) in [5.41, 5.74) is 0.671. The number of methoxy groups -OCH3 is 1. The second-order valence-corrected chi connectivity index (χ2v) is 3.32. The molecule has 0 spiro atoms. The van der Waals surface area contributed by atoms with E-state index >= 15 is 0 Å². The molecule has 1 unspecified atom stereocenters. The summed E-state index contributed by atoms with van der Waals surface area (Å²) in [6.07, 6.45) is 5.14. The molecule has 0 aliphatic carbocycles. The Bertz CT molecular complexity index is 454. The van der Waals surface area contributed by atoms with Crippen LogP contribution in [0.15, 0.2) is 6.07 Å². The SMILES string of the molecule is C#CCC(Nc1nc(C)cc(OC)n1)C(=O)O. The molecular weight excluding hydrogens is 222 g/mol. The van der Waals surface area contributed by atoms with Gasteiger partial charge in [0.05, 0.1) is 7.11 Å². The first-order valence-corrected chi connectivity index (χ1v) is 4.89. The topological polar surface area (TPSA) is 84.3 Å². The lowest BCUT2D eigenvalue weighted by atomic mass is 10.2. The quantitative estimate of drug-likeness (QED) is 0.730. The van der Waals surface area contributed by atoms with Crippen molar-refractivity contribution in [1.82, 2.24) is 9.97 Å². The van der Waals surface area contributed by atoms with Gasteiger partial charge < -0.3 is 15.2 Å². The summed E-state index contributed by atoms with van der Waals surface area (Å²) < 4.78 is 4.96. The molecule has 0 bridgehead atoms. The maximum absolute atomic E-state index is 10.9. The van der Waals surface area contributed by atoms with E-state index in [1.807, 2.05) is 0 Å². The van der Waals surface area contributed by atoms with Crippen molar-refractivity contribution < 1.29 is 14.6 Å². The van der Waals surface area contributed by atoms with E-state index in [9.17, 15) is 4.79 Å². The summed E-state index contributed by atoms with van der Waals surface area (Å²) in [6, 6.07) is 0.730. The number of terminal acetylenes is 1. The van der Waals surface area contributed by atoms with Gasteiger partial charge in [-0.25, -0.2) is 9.78 Å². The van der Waals surface area contributed by atoms with Gasteiger partial charge >= 0.3 is 5.97 Å². The van der Waals surface area contributed by atoms with E-state index in [1.54, 1.807) is 13.0 Å². The normalized spacial score (nSPS) is 11.4. The third-order valence-electron chi connectivity index (χ3n) is 1.96. The van der Waals surface area contributed by atoms with E-state index in [-0.39, 0.29) is 12.4 Å². The van der Waals surface area contributed by atoms with Gasteiger partial charge in [0.15, 0.2) is 0 Å². The van der Waals surface area contributed by atoms with E-state index in [0.717, 1.165) is 0 Å². The van der Waals surface area contributed by atoms with Crippen LogP contribution in [0.5, 0.6) is 5.88 Å². The molecule has 1 atom stereocenters. The largest absolute Gasteiger partial charge is 0.481 e. The van der Waals surface area contributed by atoms with Crippen LogP contribution in [0.1, 0.15) is 12.1 Å². The summed E-state index contributed by atoms with van der Waals surface area (Å²) in [5.74, 6) is 1.78. The van der Waals surface area contributed by atoms with E-state index < -0.39 is 12.0 Å². The van der Waals surface area contributed by atoms with Gasteiger partial charge in [-0.05, 0) is 6.92 Å². The number of aliphatic carboxylic acids is 1. The number of nitrogens with zero attached hydrogens (tertiary/aromatic N) is 2. The fourth-order valence-corrected chi connectivity index (χ4v) is 1.18. The lowest BCUT2D eigenvalue weighted by Crippen LogP contribution is -2.29. The van der Waals surface area contributed by atoms with Gasteiger partial charge in [0.1, 0.15) is 6.04 Å². The second kappa shape index (κ2) is 5.70. The third kappa shape index (κ3) is 3.65. The average Bonchev–Trinajstić information content (AvgIpc) is 2.27. The summed E-state index contributed by atoms with van der Waals surface area (Å²) in [5, 5.41) is 11.6. The van der Waals surface area contributed by atoms with Gasteiger partial charge in [-0.3, -0.25) is 0 Å². The zero-order chi connectivity index (χ0) is 12.8. The van der Waals surface area contributed by atoms with Crippen molar-refractivity contribution >= 4 is 11.9 Å². The number of anilines is 1. The fraction of sp³-hybridized carbons (Fsp3) is 0.364. The molecular formula is C11H13N3O3. The summed E-state index contributed by atoms with van der Waals surface area (Å²) in [7, 11) is 1.47. The zero-order valence-corrected chi connectivity index (χ0v) is 9.60. The van der Waals surface area contributed by atoms with Gasteiger partial charge in [-0.15, -0.1) is 12.3 Å². The first kappa shape index (κ1) is 12.8. The highest BCUT2D eigenvalue weighted by Crippen LogP contribution is 2.12. The second-order valence-electron chi connectivity index (χ2n) is 3.32. The van der Waals surface area contributed by atoms with E-state index in [0.29, 0.717) is 11.6 Å². The van der Waals surface area contributed by atoms with E-state index in [1.165, 1.54) is 7.11 Å². The number of rotatable bonds is 5. The number of carboxylic acids is 1. The molecule has 17 heavy (non-hydrogen) atoms. The van der Waals surface area contributed by atoms with Crippen molar-refractivity contribution in [3.63, 3.8) is 0 Å². The van der Waals surface area contributed by atoms with Crippen LogP contribution >= 0.6 is 0 Å². The smallest absolute Gasteiger partial charge is 0.327 e. The number of hydrogen-bond donors (Lipinski definition) is 2. The number of carboxylic acid groups (broad SMARTS) is 1. The molecule has 0 aliphatic heterocycles. The molecule has 0 saturated carbocycles. The monoisotopic (exact) mass is 235 g/mol. The molecule has 0 saturated heterocycles. The average molecular weight is 235 g/mol. The van der Waals surface area contributed by atoms with Crippen molar-refractivity contribution in [2.24, 2.45) is 0 Å². The van der Waals surface area contributed by atoms with Crippen LogP contribution < -0.4 is 10.1 Å². The molecule has 0 aromatic carbocycles. The van der Waals surface area contributed by atoms with Crippen LogP contribution in [0.25, 0.3) is 0 Å². The number of hydrogen-bond acceptors (Lipinski definition) is 5. The minimum absolute atomic E-state index is 0.0505. The van der Waals surface area contributed by atoms with Crippen molar-refractivity contribution in [3.05, 3.63) is 11.8 Å². The summed E-state index contributed by atoms with van der Waals surface area (Å²) in [4.78, 5) is 18.9. The lowest BCUT2D eigenvalue weighted by Gasteiger charge is -2.12. The highest BCUT2D eigenvalue weighted by Gasteiger charge is 2.17. The molecule has 6 heteroatoms. The molecule has 0 radical (unpaired) electrons. The van der Waals surface area contributed by atoms with E-state index in [2.05, 4.69) is 21.2 Å². The van der Waals surface area contributed by atoms with Gasteiger partial charge in [0.25, 0.3) is 0 Å². The number of carbonyl (C=O) groups is 1. The molecule has 6 nitrogen and oxygen atoms in total. The minimum atomic E-state index is -1.05. The first-order valence-electron chi connectivity index (χ1n) is 4.89. The zero-order valence-electron chi connectivity index (χ0n) is 9.60. The number of aryl methyl sites for hydroxylation is 1. The van der Waals surface area contributed by atoms with Crippen molar-refractivity contribution in [2.75, 3.05) is 12.4 Å². The third-order valence-corrected chi connectivity index (χ3v) is 1.96. The molecule has 0 aliphatic rings. The Morgan fingerprint density at radius 1 is 1.71 bits per heavy atom. The maximum atomic E-state index is 10.9. The fourth-order valence-electron chi connectivity index (χ4n) is 1.18. The van der Waals surface area contributed by atoms with Crippen molar-refractivity contribution in [2.45, 2.75) is 19.4 Å². The summed E-state index contributed by atoms with van der Waals surface area (Å²) >= 11 is 0.